The molecule has 4 rings (SSSR count). The van der Waals surface area contributed by atoms with Crippen molar-refractivity contribution < 1.29 is 19.1 Å². The zero-order valence-corrected chi connectivity index (χ0v) is 15.5. The van der Waals surface area contributed by atoms with Gasteiger partial charge in [0.15, 0.2) is 6.61 Å². The molecule has 1 aromatic heterocycles. The normalized spacial score (nSPS) is 11.7. The quantitative estimate of drug-likeness (QED) is 0.682. The number of anilines is 1. The second kappa shape index (κ2) is 7.25. The molecule has 3 aromatic rings. The molecule has 0 fully saturated rings. The Balaban J connectivity index is 1.40. The van der Waals surface area contributed by atoms with Crippen molar-refractivity contribution >= 4 is 28.9 Å². The van der Waals surface area contributed by atoms with Gasteiger partial charge in [0.25, 0.3) is 5.91 Å². The summed E-state index contributed by atoms with van der Waals surface area (Å²) in [4.78, 5) is 25.8. The fourth-order valence-electron chi connectivity index (χ4n) is 2.84. The molecule has 0 unspecified atom stereocenters. The van der Waals surface area contributed by atoms with Crippen LogP contribution in [0.15, 0.2) is 54.6 Å². The number of fused-ring (bicyclic) bond motifs is 3. The Kier molecular flexibility index (Phi) is 4.64. The maximum Gasteiger partial charge on any atom is 0.348 e. The summed E-state index contributed by atoms with van der Waals surface area (Å²) in [5.41, 5.74) is 3.70. The van der Waals surface area contributed by atoms with Crippen LogP contribution in [0.5, 0.6) is 5.75 Å². The SMILES string of the molecule is Cc1ccc(NC(=O)COC(=O)c2cc3c(s2)-c2ccccc2OC3)cc1. The number of carbonyl (C=O) groups is 2. The van der Waals surface area contributed by atoms with Crippen LogP contribution in [0.1, 0.15) is 20.8 Å². The molecule has 1 amide bonds. The molecule has 1 N–H and O–H groups in total. The summed E-state index contributed by atoms with van der Waals surface area (Å²) in [7, 11) is 0. The van der Waals surface area contributed by atoms with Crippen LogP contribution in [0.25, 0.3) is 10.4 Å². The minimum atomic E-state index is -0.508. The van der Waals surface area contributed by atoms with Crippen LogP contribution in [0.2, 0.25) is 0 Å². The van der Waals surface area contributed by atoms with E-state index in [1.807, 2.05) is 43.3 Å². The summed E-state index contributed by atoms with van der Waals surface area (Å²) in [6.45, 7) is 2.06. The molecule has 136 valence electrons. The average molecular weight is 379 g/mol. The first-order valence-corrected chi connectivity index (χ1v) is 9.30. The van der Waals surface area contributed by atoms with Gasteiger partial charge in [0.1, 0.15) is 17.2 Å². The smallest absolute Gasteiger partial charge is 0.348 e. The number of benzene rings is 2. The molecule has 0 aliphatic carbocycles. The van der Waals surface area contributed by atoms with Gasteiger partial charge in [-0.25, -0.2) is 4.79 Å². The lowest BCUT2D eigenvalue weighted by Crippen LogP contribution is -2.20. The molecule has 0 radical (unpaired) electrons. The molecule has 2 aromatic carbocycles. The van der Waals surface area contributed by atoms with Gasteiger partial charge in [-0.05, 0) is 37.3 Å². The fraction of sp³-hybridized carbons (Fsp3) is 0.143. The lowest BCUT2D eigenvalue weighted by atomic mass is 10.1. The number of thiophene rings is 1. The summed E-state index contributed by atoms with van der Waals surface area (Å²) < 4.78 is 10.9. The second-order valence-electron chi connectivity index (χ2n) is 6.24. The van der Waals surface area contributed by atoms with Crippen molar-refractivity contribution in [3.05, 3.63) is 70.6 Å². The average Bonchev–Trinajstić information content (AvgIpc) is 3.13. The molecule has 0 atom stereocenters. The van der Waals surface area contributed by atoms with Gasteiger partial charge in [-0.2, -0.15) is 0 Å². The van der Waals surface area contributed by atoms with E-state index in [0.29, 0.717) is 17.2 Å². The van der Waals surface area contributed by atoms with Crippen LogP contribution in [-0.4, -0.2) is 18.5 Å². The van der Waals surface area contributed by atoms with Gasteiger partial charge in [-0.15, -0.1) is 11.3 Å². The van der Waals surface area contributed by atoms with E-state index in [4.69, 9.17) is 9.47 Å². The third-order valence-corrected chi connectivity index (χ3v) is 5.39. The van der Waals surface area contributed by atoms with Crippen LogP contribution >= 0.6 is 11.3 Å². The summed E-state index contributed by atoms with van der Waals surface area (Å²) in [6.07, 6.45) is 0. The van der Waals surface area contributed by atoms with Crippen molar-refractivity contribution in [2.75, 3.05) is 11.9 Å². The molecular formula is C21H17NO4S. The Hall–Kier alpha value is -3.12. The molecule has 0 saturated carbocycles. The topological polar surface area (TPSA) is 64.6 Å². The van der Waals surface area contributed by atoms with Crippen molar-refractivity contribution in [2.24, 2.45) is 0 Å². The van der Waals surface area contributed by atoms with E-state index in [1.165, 1.54) is 11.3 Å². The van der Waals surface area contributed by atoms with Crippen LogP contribution in [-0.2, 0) is 16.1 Å². The van der Waals surface area contributed by atoms with Crippen molar-refractivity contribution in [2.45, 2.75) is 13.5 Å². The van der Waals surface area contributed by atoms with E-state index in [-0.39, 0.29) is 12.5 Å². The predicted molar refractivity (Wildman–Crippen MR) is 104 cm³/mol. The second-order valence-corrected chi connectivity index (χ2v) is 7.29. The number of ether oxygens (including phenoxy) is 2. The number of amides is 1. The zero-order valence-electron chi connectivity index (χ0n) is 14.7. The molecule has 0 spiro atoms. The first kappa shape index (κ1) is 17.3. The van der Waals surface area contributed by atoms with Gasteiger partial charge in [-0.3, -0.25) is 4.79 Å². The summed E-state index contributed by atoms with van der Waals surface area (Å²) in [6, 6.07) is 16.9. The minimum absolute atomic E-state index is 0.331. The highest BCUT2D eigenvalue weighted by Crippen LogP contribution is 2.42. The Labute approximate surface area is 160 Å². The van der Waals surface area contributed by atoms with Crippen molar-refractivity contribution in [1.29, 1.82) is 0 Å². The van der Waals surface area contributed by atoms with Crippen molar-refractivity contribution in [3.8, 4) is 16.2 Å². The number of rotatable bonds is 4. The molecule has 27 heavy (non-hydrogen) atoms. The van der Waals surface area contributed by atoms with E-state index >= 15 is 0 Å². The Morgan fingerprint density at radius 1 is 1.15 bits per heavy atom. The van der Waals surface area contributed by atoms with Crippen molar-refractivity contribution in [3.63, 3.8) is 0 Å². The van der Waals surface area contributed by atoms with Gasteiger partial charge in [0, 0.05) is 21.7 Å². The third-order valence-electron chi connectivity index (χ3n) is 4.19. The van der Waals surface area contributed by atoms with Crippen molar-refractivity contribution in [1.82, 2.24) is 0 Å². The molecule has 1 aliphatic rings. The number of nitrogens with one attached hydrogen (secondary N) is 1. The van der Waals surface area contributed by atoms with Crippen LogP contribution in [0, 0.1) is 6.92 Å². The monoisotopic (exact) mass is 379 g/mol. The number of esters is 1. The van der Waals surface area contributed by atoms with Crippen LogP contribution in [0.3, 0.4) is 0 Å². The fourth-order valence-corrected chi connectivity index (χ4v) is 3.93. The summed E-state index contributed by atoms with van der Waals surface area (Å²) in [5, 5.41) is 2.71. The Bertz CT molecular complexity index is 1010. The Morgan fingerprint density at radius 2 is 1.93 bits per heavy atom. The molecule has 5 nitrogen and oxygen atoms in total. The highest BCUT2D eigenvalue weighted by Gasteiger charge is 2.23. The number of para-hydroxylation sites is 1. The molecule has 0 bridgehead atoms. The molecule has 0 saturated heterocycles. The van der Waals surface area contributed by atoms with E-state index in [9.17, 15) is 9.59 Å². The molecule has 1 aliphatic heterocycles. The minimum Gasteiger partial charge on any atom is -0.488 e. The highest BCUT2D eigenvalue weighted by atomic mass is 32.1. The first-order chi connectivity index (χ1) is 13.1. The first-order valence-electron chi connectivity index (χ1n) is 8.49. The van der Waals surface area contributed by atoms with Crippen LogP contribution in [0.4, 0.5) is 5.69 Å². The Morgan fingerprint density at radius 3 is 2.74 bits per heavy atom. The van der Waals surface area contributed by atoms with Gasteiger partial charge in [0.05, 0.1) is 0 Å². The highest BCUT2D eigenvalue weighted by molar-refractivity contribution is 7.17. The number of hydrogen-bond donors (Lipinski definition) is 1. The van der Waals surface area contributed by atoms with Gasteiger partial charge >= 0.3 is 5.97 Å². The summed E-state index contributed by atoms with van der Waals surface area (Å²) in [5.74, 6) is -0.0719. The number of hydrogen-bond acceptors (Lipinski definition) is 5. The molecule has 2 heterocycles. The lowest BCUT2D eigenvalue weighted by molar-refractivity contribution is -0.119. The standard InChI is InChI=1S/C21H17NO4S/c1-13-6-8-15(9-7-13)22-19(23)12-26-21(24)18-10-14-11-25-17-5-3-2-4-16(17)20(14)27-18/h2-10H,11-12H2,1H3,(H,22,23). The third kappa shape index (κ3) is 3.71. The molecule has 6 heteroatoms. The zero-order chi connectivity index (χ0) is 18.8. The number of aryl methyl sites for hydroxylation is 1. The lowest BCUT2D eigenvalue weighted by Gasteiger charge is -2.16. The summed E-state index contributed by atoms with van der Waals surface area (Å²) >= 11 is 1.36. The van der Waals surface area contributed by atoms with Gasteiger partial charge in [-0.1, -0.05) is 29.8 Å². The largest absolute Gasteiger partial charge is 0.488 e. The van der Waals surface area contributed by atoms with E-state index < -0.39 is 5.97 Å². The van der Waals surface area contributed by atoms with E-state index in [1.54, 1.807) is 18.2 Å². The van der Waals surface area contributed by atoms with E-state index in [0.717, 1.165) is 27.3 Å². The number of carbonyl (C=O) groups excluding carboxylic acids is 2. The maximum atomic E-state index is 12.3. The molecular weight excluding hydrogens is 362 g/mol. The predicted octanol–water partition coefficient (Wildman–Crippen LogP) is 4.41. The van der Waals surface area contributed by atoms with E-state index in [2.05, 4.69) is 5.32 Å². The maximum absolute atomic E-state index is 12.3. The van der Waals surface area contributed by atoms with Gasteiger partial charge < -0.3 is 14.8 Å². The van der Waals surface area contributed by atoms with Crippen LogP contribution < -0.4 is 10.1 Å². The van der Waals surface area contributed by atoms with Gasteiger partial charge in [0.2, 0.25) is 0 Å².